The highest BCUT2D eigenvalue weighted by Gasteiger charge is 2.15. The number of halogens is 1. The van der Waals surface area contributed by atoms with Crippen molar-refractivity contribution in [3.05, 3.63) is 52.0 Å². The molecule has 0 fully saturated rings. The van der Waals surface area contributed by atoms with Crippen molar-refractivity contribution in [2.24, 2.45) is 0 Å². The van der Waals surface area contributed by atoms with Crippen LogP contribution in [0.5, 0.6) is 0 Å². The molecule has 1 aromatic heterocycles. The first kappa shape index (κ1) is 16.2. The molecule has 0 aliphatic rings. The predicted molar refractivity (Wildman–Crippen MR) is 91.5 cm³/mol. The molecule has 1 unspecified atom stereocenters. The lowest BCUT2D eigenvalue weighted by Crippen LogP contribution is -2.24. The number of benzene rings is 1. The van der Waals surface area contributed by atoms with Gasteiger partial charge in [-0.15, -0.1) is 0 Å². The molecule has 1 aromatic carbocycles. The van der Waals surface area contributed by atoms with Gasteiger partial charge in [-0.2, -0.15) is 0 Å². The fourth-order valence-electron chi connectivity index (χ4n) is 2.60. The van der Waals surface area contributed by atoms with Gasteiger partial charge in [-0.05, 0) is 37.1 Å². The van der Waals surface area contributed by atoms with Crippen LogP contribution >= 0.6 is 15.9 Å². The molecule has 0 aliphatic heterocycles. The average Bonchev–Trinajstić information content (AvgIpc) is 2.89. The minimum Gasteiger partial charge on any atom is -0.335 e. The van der Waals surface area contributed by atoms with Crippen LogP contribution in [0.4, 0.5) is 0 Å². The molecule has 1 atom stereocenters. The smallest absolute Gasteiger partial charge is 0.110 e. The van der Waals surface area contributed by atoms with Crippen LogP contribution in [0.15, 0.2) is 35.1 Å². The molecule has 1 heterocycles. The van der Waals surface area contributed by atoms with E-state index < -0.39 is 0 Å². The Hall–Kier alpha value is -1.13. The number of aryl methyl sites for hydroxylation is 2. The van der Waals surface area contributed by atoms with E-state index in [1.165, 1.54) is 11.1 Å². The molecule has 0 spiro atoms. The number of imidazole rings is 1. The van der Waals surface area contributed by atoms with E-state index in [2.05, 4.69) is 76.0 Å². The summed E-state index contributed by atoms with van der Waals surface area (Å²) in [6.07, 6.45) is 6.03. The number of nitrogens with one attached hydrogen (secondary N) is 1. The van der Waals surface area contributed by atoms with Gasteiger partial charge in [0.2, 0.25) is 0 Å². The van der Waals surface area contributed by atoms with Crippen LogP contribution in [0, 0.1) is 6.92 Å². The van der Waals surface area contributed by atoms with E-state index in [0.717, 1.165) is 36.2 Å². The molecule has 1 N–H and O–H groups in total. The van der Waals surface area contributed by atoms with E-state index in [9.17, 15) is 0 Å². The molecule has 0 amide bonds. The number of hydrogen-bond donors (Lipinski definition) is 1. The molecule has 0 radical (unpaired) electrons. The molecule has 0 aliphatic carbocycles. The van der Waals surface area contributed by atoms with Crippen molar-refractivity contribution >= 4 is 15.9 Å². The van der Waals surface area contributed by atoms with Crippen LogP contribution in [0.1, 0.15) is 43.3 Å². The first-order valence-electron chi connectivity index (χ1n) is 7.65. The van der Waals surface area contributed by atoms with Gasteiger partial charge in [0.25, 0.3) is 0 Å². The summed E-state index contributed by atoms with van der Waals surface area (Å²) in [5, 5.41) is 3.58. The highest BCUT2D eigenvalue weighted by Crippen LogP contribution is 2.23. The number of likely N-dealkylation sites (N-methyl/N-ethyl adjacent to an activating group) is 1. The maximum absolute atomic E-state index is 4.54. The van der Waals surface area contributed by atoms with Crippen molar-refractivity contribution in [1.29, 1.82) is 0 Å². The van der Waals surface area contributed by atoms with E-state index in [-0.39, 0.29) is 0 Å². The summed E-state index contributed by atoms with van der Waals surface area (Å²) in [4.78, 5) is 4.54. The second kappa shape index (κ2) is 7.76. The molecular formula is C17H24BrN3. The van der Waals surface area contributed by atoms with Crippen LogP contribution in [0.3, 0.4) is 0 Å². The lowest BCUT2D eigenvalue weighted by atomic mass is 10.0. The molecule has 0 saturated heterocycles. The van der Waals surface area contributed by atoms with Crippen molar-refractivity contribution in [1.82, 2.24) is 14.9 Å². The van der Waals surface area contributed by atoms with Gasteiger partial charge in [0.1, 0.15) is 5.82 Å². The van der Waals surface area contributed by atoms with Crippen molar-refractivity contribution in [3.63, 3.8) is 0 Å². The summed E-state index contributed by atoms with van der Waals surface area (Å²) in [7, 11) is 0. The van der Waals surface area contributed by atoms with E-state index >= 15 is 0 Å². The Kier molecular flexibility index (Phi) is 6.00. The first-order valence-corrected chi connectivity index (χ1v) is 8.44. The van der Waals surface area contributed by atoms with Crippen molar-refractivity contribution in [2.45, 2.75) is 46.2 Å². The summed E-state index contributed by atoms with van der Waals surface area (Å²) >= 11 is 3.57. The summed E-state index contributed by atoms with van der Waals surface area (Å²) in [6.45, 7) is 8.47. The Balaban J connectivity index is 2.22. The van der Waals surface area contributed by atoms with Crippen LogP contribution in [0.2, 0.25) is 0 Å². The summed E-state index contributed by atoms with van der Waals surface area (Å²) < 4.78 is 3.42. The Morgan fingerprint density at radius 2 is 2.14 bits per heavy atom. The fraction of sp³-hybridized carbons (Fsp3) is 0.471. The van der Waals surface area contributed by atoms with Gasteiger partial charge in [-0.1, -0.05) is 41.9 Å². The Morgan fingerprint density at radius 1 is 1.33 bits per heavy atom. The van der Waals surface area contributed by atoms with Gasteiger partial charge < -0.3 is 9.88 Å². The Labute approximate surface area is 135 Å². The van der Waals surface area contributed by atoms with Crippen molar-refractivity contribution in [2.75, 3.05) is 6.54 Å². The van der Waals surface area contributed by atoms with Gasteiger partial charge in [0, 0.05) is 35.9 Å². The molecule has 3 nitrogen and oxygen atoms in total. The summed E-state index contributed by atoms with van der Waals surface area (Å²) in [5.41, 5.74) is 2.59. The van der Waals surface area contributed by atoms with Gasteiger partial charge in [0.05, 0.1) is 0 Å². The topological polar surface area (TPSA) is 29.9 Å². The minimum atomic E-state index is 0.305. The highest BCUT2D eigenvalue weighted by molar-refractivity contribution is 9.10. The third-order valence-electron chi connectivity index (χ3n) is 3.69. The molecule has 0 bridgehead atoms. The molecule has 2 aromatic rings. The van der Waals surface area contributed by atoms with Gasteiger partial charge >= 0.3 is 0 Å². The SMILES string of the molecule is CCCn1ccnc1CC(NCC)c1ccc(Br)c(C)c1. The lowest BCUT2D eigenvalue weighted by Gasteiger charge is -2.19. The number of aromatic nitrogens is 2. The molecule has 21 heavy (non-hydrogen) atoms. The third kappa shape index (κ3) is 4.17. The largest absolute Gasteiger partial charge is 0.335 e. The maximum atomic E-state index is 4.54. The monoisotopic (exact) mass is 349 g/mol. The highest BCUT2D eigenvalue weighted by atomic mass is 79.9. The average molecular weight is 350 g/mol. The molecule has 114 valence electrons. The van der Waals surface area contributed by atoms with Crippen molar-refractivity contribution in [3.8, 4) is 0 Å². The van der Waals surface area contributed by atoms with Crippen LogP contribution in [-0.4, -0.2) is 16.1 Å². The summed E-state index contributed by atoms with van der Waals surface area (Å²) in [5.74, 6) is 1.16. The second-order valence-electron chi connectivity index (χ2n) is 5.36. The normalized spacial score (nSPS) is 12.6. The van der Waals surface area contributed by atoms with E-state index in [4.69, 9.17) is 0 Å². The number of hydrogen-bond acceptors (Lipinski definition) is 2. The maximum Gasteiger partial charge on any atom is 0.110 e. The number of nitrogens with zero attached hydrogens (tertiary/aromatic N) is 2. The minimum absolute atomic E-state index is 0.305. The van der Waals surface area contributed by atoms with Crippen LogP contribution in [0.25, 0.3) is 0 Å². The molecular weight excluding hydrogens is 326 g/mol. The first-order chi connectivity index (χ1) is 10.2. The van der Waals surface area contributed by atoms with Gasteiger partial charge in [-0.3, -0.25) is 0 Å². The molecule has 0 saturated carbocycles. The summed E-state index contributed by atoms with van der Waals surface area (Å²) in [6, 6.07) is 6.88. The zero-order valence-electron chi connectivity index (χ0n) is 13.1. The quantitative estimate of drug-likeness (QED) is 0.809. The molecule has 4 heteroatoms. The standard InChI is InChI=1S/C17H24BrN3/c1-4-9-21-10-8-20-17(21)12-16(19-5-2)14-6-7-15(18)13(3)11-14/h6-8,10-11,16,19H,4-5,9,12H2,1-3H3. The molecule has 2 rings (SSSR count). The predicted octanol–water partition coefficient (Wildman–Crippen LogP) is 4.26. The van der Waals surface area contributed by atoms with Gasteiger partial charge in [0.15, 0.2) is 0 Å². The van der Waals surface area contributed by atoms with Gasteiger partial charge in [-0.25, -0.2) is 4.98 Å². The van der Waals surface area contributed by atoms with Crippen molar-refractivity contribution < 1.29 is 0 Å². The Morgan fingerprint density at radius 3 is 2.81 bits per heavy atom. The van der Waals surface area contributed by atoms with Crippen LogP contribution in [-0.2, 0) is 13.0 Å². The Bertz CT molecular complexity index is 577. The van der Waals surface area contributed by atoms with E-state index in [0.29, 0.717) is 6.04 Å². The van der Waals surface area contributed by atoms with Crippen LogP contribution < -0.4 is 5.32 Å². The fourth-order valence-corrected chi connectivity index (χ4v) is 2.84. The third-order valence-corrected chi connectivity index (χ3v) is 4.58. The van der Waals surface area contributed by atoms with E-state index in [1.807, 2.05) is 6.20 Å². The zero-order chi connectivity index (χ0) is 15.2. The second-order valence-corrected chi connectivity index (χ2v) is 6.21. The zero-order valence-corrected chi connectivity index (χ0v) is 14.7. The number of rotatable bonds is 7. The van der Waals surface area contributed by atoms with E-state index in [1.54, 1.807) is 0 Å². The lowest BCUT2D eigenvalue weighted by molar-refractivity contribution is 0.516.